The molecule has 0 saturated heterocycles. The molecule has 1 atom stereocenters. The molecule has 1 unspecified atom stereocenters. The smallest absolute Gasteiger partial charge is 0.211 e. The molecule has 0 spiro atoms. The Morgan fingerprint density at radius 1 is 1.29 bits per heavy atom. The maximum Gasteiger partial charge on any atom is 0.410 e. The molecule has 0 radical (unpaired) electrons. The molecule has 0 aromatic heterocycles. The Bertz CT molecular complexity index is 530. The molecule has 0 aliphatic carbocycles. The third kappa shape index (κ3) is 3.74. The molecule has 9 heteroatoms. The first-order valence-electron chi connectivity index (χ1n) is 3.98. The molecule has 0 N–H and O–H groups in total. The van der Waals surface area contributed by atoms with Gasteiger partial charge in [0, 0.05) is 20.2 Å². The molecule has 0 saturated carbocycles. The molecular formula is C8H4BrCl2F3O2S. The quantitative estimate of drug-likeness (QED) is 0.727. The van der Waals surface area contributed by atoms with E-state index in [0.29, 0.717) is 4.47 Å². The summed E-state index contributed by atoms with van der Waals surface area (Å²) in [6.45, 7) is 0. The third-order valence-corrected chi connectivity index (χ3v) is 4.26. The first-order chi connectivity index (χ1) is 7.53. The van der Waals surface area contributed by atoms with Crippen molar-refractivity contribution in [2.24, 2.45) is 0 Å². The molecule has 1 aromatic carbocycles. The van der Waals surface area contributed by atoms with Crippen molar-refractivity contribution in [1.29, 1.82) is 0 Å². The highest BCUT2D eigenvalue weighted by molar-refractivity contribution is 9.10. The van der Waals surface area contributed by atoms with E-state index in [1.165, 1.54) is 6.07 Å². The van der Waals surface area contributed by atoms with Gasteiger partial charge in [-0.2, -0.15) is 13.2 Å². The van der Waals surface area contributed by atoms with Gasteiger partial charge in [-0.1, -0.05) is 33.6 Å². The van der Waals surface area contributed by atoms with Crippen LogP contribution in [0.5, 0.6) is 0 Å². The highest BCUT2D eigenvalue weighted by Gasteiger charge is 2.50. The monoisotopic (exact) mass is 370 g/mol. The van der Waals surface area contributed by atoms with Crippen LogP contribution in [-0.4, -0.2) is 14.6 Å². The Morgan fingerprint density at radius 3 is 2.18 bits per heavy atom. The van der Waals surface area contributed by atoms with Crippen LogP contribution in [0.1, 0.15) is 10.8 Å². The Morgan fingerprint density at radius 2 is 1.82 bits per heavy atom. The van der Waals surface area contributed by atoms with Gasteiger partial charge in [-0.3, -0.25) is 0 Å². The highest BCUT2D eigenvalue weighted by Crippen LogP contribution is 2.43. The zero-order valence-corrected chi connectivity index (χ0v) is 11.7. The normalized spacial score (nSPS) is 14.7. The minimum atomic E-state index is -5.03. The van der Waals surface area contributed by atoms with Crippen LogP contribution in [0.25, 0.3) is 0 Å². The van der Waals surface area contributed by atoms with E-state index in [0.717, 1.165) is 12.1 Å². The largest absolute Gasteiger partial charge is 0.410 e. The average molecular weight is 372 g/mol. The van der Waals surface area contributed by atoms with Crippen LogP contribution < -0.4 is 0 Å². The van der Waals surface area contributed by atoms with Gasteiger partial charge < -0.3 is 0 Å². The minimum absolute atomic E-state index is 0.328. The predicted molar refractivity (Wildman–Crippen MR) is 62.7 cm³/mol. The molecule has 96 valence electrons. The minimum Gasteiger partial charge on any atom is -0.211 e. The van der Waals surface area contributed by atoms with E-state index in [1.54, 1.807) is 0 Å². The molecular weight excluding hydrogens is 368 g/mol. The van der Waals surface area contributed by atoms with Crippen molar-refractivity contribution in [3.63, 3.8) is 0 Å². The van der Waals surface area contributed by atoms with Crippen LogP contribution in [0.15, 0.2) is 22.7 Å². The number of hydrogen-bond donors (Lipinski definition) is 0. The van der Waals surface area contributed by atoms with E-state index >= 15 is 0 Å². The van der Waals surface area contributed by atoms with Crippen molar-refractivity contribution in [3.8, 4) is 0 Å². The fourth-order valence-corrected chi connectivity index (χ4v) is 3.47. The van der Waals surface area contributed by atoms with Crippen molar-refractivity contribution < 1.29 is 21.6 Å². The number of benzene rings is 1. The first kappa shape index (κ1) is 15.1. The van der Waals surface area contributed by atoms with Crippen molar-refractivity contribution in [1.82, 2.24) is 0 Å². The first-order valence-corrected chi connectivity index (χ1v) is 7.53. The van der Waals surface area contributed by atoms with Crippen molar-refractivity contribution in [3.05, 3.63) is 33.3 Å². The van der Waals surface area contributed by atoms with Gasteiger partial charge in [0.2, 0.25) is 9.05 Å². The zero-order chi connectivity index (χ0) is 13.4. The van der Waals surface area contributed by atoms with E-state index in [2.05, 4.69) is 15.9 Å². The highest BCUT2D eigenvalue weighted by atomic mass is 79.9. The average Bonchev–Trinajstić information content (AvgIpc) is 2.04. The summed E-state index contributed by atoms with van der Waals surface area (Å²) in [6.07, 6.45) is -5.03. The van der Waals surface area contributed by atoms with Gasteiger partial charge in [0.15, 0.2) is 5.25 Å². The summed E-state index contributed by atoms with van der Waals surface area (Å²) in [4.78, 5) is 0. The van der Waals surface area contributed by atoms with Crippen molar-refractivity contribution >= 4 is 47.3 Å². The molecule has 17 heavy (non-hydrogen) atoms. The second-order valence-corrected chi connectivity index (χ2v) is 7.10. The van der Waals surface area contributed by atoms with Crippen LogP contribution in [0.3, 0.4) is 0 Å². The molecule has 0 bridgehead atoms. The topological polar surface area (TPSA) is 34.1 Å². The maximum absolute atomic E-state index is 12.6. The maximum atomic E-state index is 12.6. The summed E-state index contributed by atoms with van der Waals surface area (Å²) in [5, 5.41) is -3.16. The molecule has 0 amide bonds. The Balaban J connectivity index is 3.44. The van der Waals surface area contributed by atoms with Crippen LogP contribution >= 0.6 is 38.2 Å². The Kier molecular flexibility index (Phi) is 4.39. The lowest BCUT2D eigenvalue weighted by Crippen LogP contribution is -2.26. The van der Waals surface area contributed by atoms with Crippen LogP contribution in [0.2, 0.25) is 5.02 Å². The summed E-state index contributed by atoms with van der Waals surface area (Å²) in [6, 6.07) is 3.38. The Labute approximate surface area is 113 Å². The van der Waals surface area contributed by atoms with Gasteiger partial charge in [-0.25, -0.2) is 8.42 Å². The molecule has 0 fully saturated rings. The number of hydrogen-bond acceptors (Lipinski definition) is 2. The molecule has 0 aliphatic heterocycles. The van der Waals surface area contributed by atoms with Gasteiger partial charge >= 0.3 is 6.18 Å². The summed E-state index contributed by atoms with van der Waals surface area (Å²) in [7, 11) is -0.0516. The lowest BCUT2D eigenvalue weighted by Gasteiger charge is -2.18. The third-order valence-electron chi connectivity index (χ3n) is 1.82. The summed E-state index contributed by atoms with van der Waals surface area (Å²) < 4.78 is 60.4. The molecule has 0 aliphatic rings. The van der Waals surface area contributed by atoms with E-state index in [1.807, 2.05) is 0 Å². The van der Waals surface area contributed by atoms with Gasteiger partial charge in [-0.15, -0.1) is 0 Å². The molecule has 2 nitrogen and oxygen atoms in total. The second kappa shape index (κ2) is 4.95. The summed E-state index contributed by atoms with van der Waals surface area (Å²) in [5.41, 5.74) is -0.600. The van der Waals surface area contributed by atoms with Crippen molar-refractivity contribution in [2.45, 2.75) is 11.4 Å². The molecule has 1 aromatic rings. The van der Waals surface area contributed by atoms with E-state index in [9.17, 15) is 21.6 Å². The summed E-state index contributed by atoms with van der Waals surface area (Å²) in [5.74, 6) is 0. The lowest BCUT2D eigenvalue weighted by molar-refractivity contribution is -0.131. The molecule has 0 heterocycles. The number of rotatable bonds is 2. The second-order valence-electron chi connectivity index (χ2n) is 3.06. The molecule has 1 rings (SSSR count). The summed E-state index contributed by atoms with van der Waals surface area (Å²) >= 11 is 8.58. The fourth-order valence-electron chi connectivity index (χ4n) is 1.20. The van der Waals surface area contributed by atoms with Gasteiger partial charge in [0.25, 0.3) is 0 Å². The fraction of sp³-hybridized carbons (Fsp3) is 0.250. The van der Waals surface area contributed by atoms with Crippen LogP contribution in [-0.2, 0) is 9.05 Å². The van der Waals surface area contributed by atoms with Gasteiger partial charge in [-0.05, 0) is 17.7 Å². The Hall–Kier alpha value is 0.0200. The number of halogens is 6. The SMILES string of the molecule is O=S(=O)(Cl)C(c1ccc(Br)cc1Cl)C(F)(F)F. The van der Waals surface area contributed by atoms with Gasteiger partial charge in [0.1, 0.15) is 0 Å². The predicted octanol–water partition coefficient (Wildman–Crippen LogP) is 4.27. The number of alkyl halides is 3. The van der Waals surface area contributed by atoms with Gasteiger partial charge in [0.05, 0.1) is 0 Å². The van der Waals surface area contributed by atoms with Crippen molar-refractivity contribution in [2.75, 3.05) is 0 Å². The van der Waals surface area contributed by atoms with E-state index < -0.39 is 26.0 Å². The van der Waals surface area contributed by atoms with E-state index in [-0.39, 0.29) is 5.02 Å². The lowest BCUT2D eigenvalue weighted by atomic mass is 10.1. The van der Waals surface area contributed by atoms with Crippen LogP contribution in [0.4, 0.5) is 13.2 Å². The zero-order valence-electron chi connectivity index (χ0n) is 7.80. The standard InChI is InChI=1S/C8H4BrCl2F3O2S/c9-4-1-2-5(6(10)3-4)7(8(12,13)14)17(11,15)16/h1-3,7H. The van der Waals surface area contributed by atoms with E-state index in [4.69, 9.17) is 22.3 Å². The van der Waals surface area contributed by atoms with Crippen LogP contribution in [0, 0.1) is 0 Å².